The molecule has 1 amide bonds. The third kappa shape index (κ3) is 4.30. The maximum Gasteiger partial charge on any atom is 0.339 e. The van der Waals surface area contributed by atoms with Gasteiger partial charge >= 0.3 is 10.1 Å². The molecule has 0 atom stereocenters. The van der Waals surface area contributed by atoms with E-state index in [2.05, 4.69) is 5.32 Å². The van der Waals surface area contributed by atoms with Crippen LogP contribution in [0.15, 0.2) is 76.2 Å². The molecule has 1 aromatic heterocycles. The van der Waals surface area contributed by atoms with E-state index in [1.807, 2.05) is 0 Å². The molecule has 0 aliphatic heterocycles. The first-order valence-electron chi connectivity index (χ1n) is 7.49. The highest BCUT2D eigenvalue weighted by Crippen LogP contribution is 2.22. The molecule has 3 aromatic rings. The number of hydrogen-bond donors (Lipinski definition) is 1. The molecule has 0 aliphatic carbocycles. The smallest absolute Gasteiger partial charge is 0.339 e. The minimum Gasteiger partial charge on any atom is -0.459 e. The number of anilines is 1. The highest BCUT2D eigenvalue weighted by molar-refractivity contribution is 7.87. The molecule has 0 fully saturated rings. The average molecular weight is 388 g/mol. The standard InChI is InChI=1S/C17H12N2O7S/c20-17(16-2-1-11-25-16)18-12-3-7-14(8-4-12)26-27(23,24)15-9-5-13(6-10-15)19(21)22/h1-11H,(H,18,20). The molecule has 0 bridgehead atoms. The van der Waals surface area contributed by atoms with Crippen LogP contribution >= 0.6 is 0 Å². The molecule has 1 N–H and O–H groups in total. The van der Waals surface area contributed by atoms with E-state index in [1.165, 1.54) is 36.6 Å². The van der Waals surface area contributed by atoms with E-state index in [1.54, 1.807) is 6.07 Å². The summed E-state index contributed by atoms with van der Waals surface area (Å²) in [7, 11) is -4.15. The van der Waals surface area contributed by atoms with Gasteiger partial charge in [0.05, 0.1) is 11.2 Å². The number of nitrogens with zero attached hydrogens (tertiary/aromatic N) is 1. The summed E-state index contributed by atoms with van der Waals surface area (Å²) in [5, 5.41) is 13.2. The van der Waals surface area contributed by atoms with Gasteiger partial charge in [0.25, 0.3) is 11.6 Å². The fourth-order valence-electron chi connectivity index (χ4n) is 2.10. The van der Waals surface area contributed by atoms with Crippen molar-refractivity contribution in [2.75, 3.05) is 5.32 Å². The summed E-state index contributed by atoms with van der Waals surface area (Å²) in [5.74, 6) is -0.299. The van der Waals surface area contributed by atoms with Gasteiger partial charge in [-0.3, -0.25) is 14.9 Å². The third-order valence-electron chi connectivity index (χ3n) is 3.40. The molecule has 10 heteroatoms. The fraction of sp³-hybridized carbons (Fsp3) is 0. The van der Waals surface area contributed by atoms with Crippen molar-refractivity contribution in [1.29, 1.82) is 0 Å². The molecule has 0 radical (unpaired) electrons. The van der Waals surface area contributed by atoms with Crippen LogP contribution in [0.25, 0.3) is 0 Å². The molecule has 0 saturated carbocycles. The number of non-ortho nitro benzene ring substituents is 1. The summed E-state index contributed by atoms with van der Waals surface area (Å²) < 4.78 is 34.4. The number of benzene rings is 2. The molecule has 1 heterocycles. The molecule has 2 aromatic carbocycles. The van der Waals surface area contributed by atoms with Gasteiger partial charge in [0.1, 0.15) is 10.6 Å². The number of rotatable bonds is 6. The van der Waals surface area contributed by atoms with E-state index >= 15 is 0 Å². The van der Waals surface area contributed by atoms with Crippen molar-refractivity contribution in [2.45, 2.75) is 4.90 Å². The zero-order valence-electron chi connectivity index (χ0n) is 13.6. The molecule has 138 valence electrons. The van der Waals surface area contributed by atoms with E-state index in [9.17, 15) is 23.3 Å². The second kappa shape index (κ2) is 7.30. The van der Waals surface area contributed by atoms with Crippen LogP contribution in [0.5, 0.6) is 5.75 Å². The van der Waals surface area contributed by atoms with Crippen LogP contribution in [0.2, 0.25) is 0 Å². The minimum absolute atomic E-state index is 0.0179. The molecule has 0 aliphatic rings. The van der Waals surface area contributed by atoms with Crippen molar-refractivity contribution in [3.8, 4) is 5.75 Å². The minimum atomic E-state index is -4.15. The predicted octanol–water partition coefficient (Wildman–Crippen LogP) is 3.21. The Bertz CT molecular complexity index is 1060. The lowest BCUT2D eigenvalue weighted by Crippen LogP contribution is -2.11. The summed E-state index contributed by atoms with van der Waals surface area (Å²) >= 11 is 0. The highest BCUT2D eigenvalue weighted by atomic mass is 32.2. The molecule has 3 rings (SSSR count). The van der Waals surface area contributed by atoms with Crippen LogP contribution in [0.3, 0.4) is 0 Å². The van der Waals surface area contributed by atoms with Gasteiger partial charge in [-0.25, -0.2) is 0 Å². The first kappa shape index (κ1) is 18.1. The average Bonchev–Trinajstić information content (AvgIpc) is 3.18. The number of nitrogens with one attached hydrogen (secondary N) is 1. The Kier molecular flexibility index (Phi) is 4.90. The Hall–Kier alpha value is -3.66. The number of nitro groups is 1. The summed E-state index contributed by atoms with van der Waals surface area (Å²) in [6, 6.07) is 13.0. The molecule has 0 spiro atoms. The van der Waals surface area contributed by atoms with E-state index in [4.69, 9.17) is 8.60 Å². The Balaban J connectivity index is 1.69. The molecular formula is C17H12N2O7S. The first-order valence-corrected chi connectivity index (χ1v) is 8.90. The maximum atomic E-state index is 12.2. The van der Waals surface area contributed by atoms with Gasteiger partial charge in [0.2, 0.25) is 0 Å². The Morgan fingerprint density at radius 2 is 1.70 bits per heavy atom. The van der Waals surface area contributed by atoms with Gasteiger partial charge in [-0.15, -0.1) is 0 Å². The van der Waals surface area contributed by atoms with Crippen molar-refractivity contribution in [2.24, 2.45) is 0 Å². The van der Waals surface area contributed by atoms with Crippen molar-refractivity contribution in [1.82, 2.24) is 0 Å². The SMILES string of the molecule is O=C(Nc1ccc(OS(=O)(=O)c2ccc([N+](=O)[O-])cc2)cc1)c1ccco1. The van der Waals surface area contributed by atoms with Gasteiger partial charge in [0, 0.05) is 17.8 Å². The Morgan fingerprint density at radius 3 is 2.26 bits per heavy atom. The molecule has 0 unspecified atom stereocenters. The first-order chi connectivity index (χ1) is 12.8. The Labute approximate surface area is 153 Å². The van der Waals surface area contributed by atoms with Crippen molar-refractivity contribution in [3.05, 3.63) is 82.8 Å². The van der Waals surface area contributed by atoms with Crippen molar-refractivity contribution < 1.29 is 26.7 Å². The van der Waals surface area contributed by atoms with Crippen molar-refractivity contribution in [3.63, 3.8) is 0 Å². The van der Waals surface area contributed by atoms with Gasteiger partial charge in [-0.05, 0) is 48.5 Å². The second-order valence-electron chi connectivity index (χ2n) is 5.24. The number of nitro benzene ring substituents is 1. The number of hydrogen-bond acceptors (Lipinski definition) is 7. The normalized spacial score (nSPS) is 11.0. The molecule has 0 saturated heterocycles. The van der Waals surface area contributed by atoms with Gasteiger partial charge in [-0.1, -0.05) is 0 Å². The van der Waals surface area contributed by atoms with Crippen LogP contribution in [0, 0.1) is 10.1 Å². The monoisotopic (exact) mass is 388 g/mol. The van der Waals surface area contributed by atoms with Gasteiger partial charge < -0.3 is 13.9 Å². The molecule has 9 nitrogen and oxygen atoms in total. The summed E-state index contributed by atoms with van der Waals surface area (Å²) in [4.78, 5) is 21.6. The molecular weight excluding hydrogens is 376 g/mol. The number of amides is 1. The second-order valence-corrected chi connectivity index (χ2v) is 6.79. The molecule has 27 heavy (non-hydrogen) atoms. The quantitative estimate of drug-likeness (QED) is 0.390. The predicted molar refractivity (Wildman–Crippen MR) is 94.0 cm³/mol. The largest absolute Gasteiger partial charge is 0.459 e. The fourth-order valence-corrected chi connectivity index (χ4v) is 3.03. The van der Waals surface area contributed by atoms with E-state index in [0.29, 0.717) is 5.69 Å². The lowest BCUT2D eigenvalue weighted by Gasteiger charge is -2.08. The lowest BCUT2D eigenvalue weighted by molar-refractivity contribution is -0.384. The van der Waals surface area contributed by atoms with Gasteiger partial charge in [0.15, 0.2) is 5.76 Å². The van der Waals surface area contributed by atoms with E-state index in [0.717, 1.165) is 24.3 Å². The Morgan fingerprint density at radius 1 is 1.04 bits per heavy atom. The van der Waals surface area contributed by atoms with E-state index < -0.39 is 20.9 Å². The highest BCUT2D eigenvalue weighted by Gasteiger charge is 2.18. The maximum absolute atomic E-state index is 12.2. The van der Waals surface area contributed by atoms with Crippen molar-refractivity contribution >= 4 is 27.4 Å². The summed E-state index contributed by atoms with van der Waals surface area (Å²) in [6.07, 6.45) is 1.37. The van der Waals surface area contributed by atoms with Crippen LogP contribution < -0.4 is 9.50 Å². The van der Waals surface area contributed by atoms with E-state index in [-0.39, 0.29) is 22.1 Å². The van der Waals surface area contributed by atoms with Gasteiger partial charge in [-0.2, -0.15) is 8.42 Å². The summed E-state index contributed by atoms with van der Waals surface area (Å²) in [5.41, 5.74) is 0.182. The third-order valence-corrected chi connectivity index (χ3v) is 4.66. The van der Waals surface area contributed by atoms with Crippen LogP contribution in [-0.2, 0) is 10.1 Å². The lowest BCUT2D eigenvalue weighted by atomic mass is 10.3. The van der Waals surface area contributed by atoms with Crippen LogP contribution in [0.1, 0.15) is 10.6 Å². The van der Waals surface area contributed by atoms with Crippen LogP contribution in [0.4, 0.5) is 11.4 Å². The van der Waals surface area contributed by atoms with Crippen LogP contribution in [-0.4, -0.2) is 19.2 Å². The topological polar surface area (TPSA) is 129 Å². The zero-order valence-corrected chi connectivity index (χ0v) is 14.4. The number of carbonyl (C=O) groups excluding carboxylic acids is 1. The summed E-state index contributed by atoms with van der Waals surface area (Å²) in [6.45, 7) is 0. The zero-order chi connectivity index (χ0) is 19.4. The number of carbonyl (C=O) groups is 1. The number of furan rings is 1.